The first-order valence-corrected chi connectivity index (χ1v) is 10.5. The van der Waals surface area contributed by atoms with Crippen LogP contribution in [0.15, 0.2) is 52.5 Å². The minimum absolute atomic E-state index is 0.160. The predicted octanol–water partition coefficient (Wildman–Crippen LogP) is 3.47. The maximum atomic E-state index is 12.7. The first-order valence-electron chi connectivity index (χ1n) is 9.50. The Bertz CT molecular complexity index is 910. The lowest BCUT2D eigenvalue weighted by atomic mass is 10.0. The van der Waals surface area contributed by atoms with E-state index in [1.165, 1.54) is 18.2 Å². The van der Waals surface area contributed by atoms with Crippen LogP contribution in [0.4, 0.5) is 0 Å². The van der Waals surface area contributed by atoms with E-state index in [2.05, 4.69) is 22.1 Å². The summed E-state index contributed by atoms with van der Waals surface area (Å²) in [6.07, 6.45) is 8.50. The van der Waals surface area contributed by atoms with Crippen LogP contribution in [0, 0.1) is 0 Å². The third-order valence-corrected chi connectivity index (χ3v) is 5.93. The number of pyridine rings is 1. The van der Waals surface area contributed by atoms with Crippen molar-refractivity contribution in [3.05, 3.63) is 48.7 Å². The molecular weight excluding hydrogens is 374 g/mol. The SMILES string of the molecule is CC1CCCCN1C(=O)CSc1nnc(-c2cccnc2)n1Cc1ccco1. The molecule has 1 fully saturated rings. The van der Waals surface area contributed by atoms with E-state index in [4.69, 9.17) is 4.42 Å². The van der Waals surface area contributed by atoms with E-state index in [0.29, 0.717) is 29.3 Å². The van der Waals surface area contributed by atoms with Gasteiger partial charge in [-0.05, 0) is 50.5 Å². The number of thioether (sulfide) groups is 1. The Hall–Kier alpha value is -2.61. The topological polar surface area (TPSA) is 77.1 Å². The van der Waals surface area contributed by atoms with Gasteiger partial charge in [0.25, 0.3) is 0 Å². The lowest BCUT2D eigenvalue weighted by Crippen LogP contribution is -2.43. The molecule has 4 heterocycles. The fourth-order valence-corrected chi connectivity index (χ4v) is 4.31. The Kier molecular flexibility index (Phi) is 5.76. The van der Waals surface area contributed by atoms with Crippen molar-refractivity contribution in [3.63, 3.8) is 0 Å². The summed E-state index contributed by atoms with van der Waals surface area (Å²) in [6.45, 7) is 3.48. The molecule has 0 aromatic carbocycles. The molecule has 1 aliphatic rings. The van der Waals surface area contributed by atoms with Crippen LogP contribution < -0.4 is 0 Å². The van der Waals surface area contributed by atoms with Gasteiger partial charge >= 0.3 is 0 Å². The normalized spacial score (nSPS) is 17.0. The van der Waals surface area contributed by atoms with Gasteiger partial charge in [-0.3, -0.25) is 14.3 Å². The molecule has 0 aliphatic carbocycles. The standard InChI is InChI=1S/C20H23N5O2S/c1-15-6-2-3-10-24(15)18(26)14-28-20-23-22-19(16-7-4-9-21-12-16)25(20)13-17-8-5-11-27-17/h4-5,7-9,11-12,15H,2-3,6,10,13-14H2,1H3. The number of rotatable bonds is 6. The second kappa shape index (κ2) is 8.60. The molecule has 7 nitrogen and oxygen atoms in total. The predicted molar refractivity (Wildman–Crippen MR) is 107 cm³/mol. The molecule has 28 heavy (non-hydrogen) atoms. The summed E-state index contributed by atoms with van der Waals surface area (Å²) in [5.41, 5.74) is 0.879. The number of hydrogen-bond donors (Lipinski definition) is 0. The molecule has 1 unspecified atom stereocenters. The van der Waals surface area contributed by atoms with Crippen LogP contribution in [0.5, 0.6) is 0 Å². The molecule has 1 saturated heterocycles. The molecule has 3 aromatic rings. The van der Waals surface area contributed by atoms with Crippen LogP contribution in [-0.2, 0) is 11.3 Å². The summed E-state index contributed by atoms with van der Waals surface area (Å²) in [6, 6.07) is 7.91. The van der Waals surface area contributed by atoms with Gasteiger partial charge in [0, 0.05) is 30.5 Å². The zero-order chi connectivity index (χ0) is 19.3. The Balaban J connectivity index is 1.54. The van der Waals surface area contributed by atoms with Crippen molar-refractivity contribution in [2.45, 2.75) is 43.9 Å². The van der Waals surface area contributed by atoms with Crippen LogP contribution in [0.1, 0.15) is 31.9 Å². The average molecular weight is 398 g/mol. The van der Waals surface area contributed by atoms with Crippen molar-refractivity contribution >= 4 is 17.7 Å². The van der Waals surface area contributed by atoms with E-state index in [1.54, 1.807) is 18.7 Å². The van der Waals surface area contributed by atoms with E-state index in [0.717, 1.165) is 30.7 Å². The van der Waals surface area contributed by atoms with Crippen LogP contribution >= 0.6 is 11.8 Å². The monoisotopic (exact) mass is 397 g/mol. The highest BCUT2D eigenvalue weighted by Crippen LogP contribution is 2.26. The number of amides is 1. The highest BCUT2D eigenvalue weighted by Gasteiger charge is 2.24. The zero-order valence-electron chi connectivity index (χ0n) is 15.8. The number of carbonyl (C=O) groups is 1. The third-order valence-electron chi connectivity index (χ3n) is 4.98. The number of aromatic nitrogens is 4. The number of likely N-dealkylation sites (tertiary alicyclic amines) is 1. The summed E-state index contributed by atoms with van der Waals surface area (Å²) in [5.74, 6) is 2.04. The minimum Gasteiger partial charge on any atom is -0.467 e. The summed E-state index contributed by atoms with van der Waals surface area (Å²) < 4.78 is 7.49. The van der Waals surface area contributed by atoms with Gasteiger partial charge in [0.15, 0.2) is 11.0 Å². The van der Waals surface area contributed by atoms with Crippen molar-refractivity contribution < 1.29 is 9.21 Å². The lowest BCUT2D eigenvalue weighted by Gasteiger charge is -2.33. The zero-order valence-corrected chi connectivity index (χ0v) is 16.6. The summed E-state index contributed by atoms with van der Waals surface area (Å²) >= 11 is 1.42. The van der Waals surface area contributed by atoms with E-state index in [9.17, 15) is 4.79 Å². The summed E-state index contributed by atoms with van der Waals surface area (Å²) in [4.78, 5) is 18.9. The second-order valence-electron chi connectivity index (χ2n) is 6.93. The number of nitrogens with zero attached hydrogens (tertiary/aromatic N) is 5. The molecule has 8 heteroatoms. The maximum Gasteiger partial charge on any atom is 0.233 e. The molecule has 1 amide bonds. The molecule has 0 saturated carbocycles. The largest absolute Gasteiger partial charge is 0.467 e. The number of carbonyl (C=O) groups excluding carboxylic acids is 1. The molecular formula is C20H23N5O2S. The molecule has 0 bridgehead atoms. The van der Waals surface area contributed by atoms with Crippen molar-refractivity contribution in [2.75, 3.05) is 12.3 Å². The molecule has 0 spiro atoms. The van der Waals surface area contributed by atoms with Crippen molar-refractivity contribution in [3.8, 4) is 11.4 Å². The molecule has 1 aliphatic heterocycles. The molecule has 0 N–H and O–H groups in total. The van der Waals surface area contributed by atoms with Crippen molar-refractivity contribution in [1.29, 1.82) is 0 Å². The van der Waals surface area contributed by atoms with E-state index < -0.39 is 0 Å². The quantitative estimate of drug-likeness (QED) is 0.593. The van der Waals surface area contributed by atoms with Crippen LogP contribution in [0.3, 0.4) is 0 Å². The Morgan fingerprint density at radius 3 is 2.96 bits per heavy atom. The van der Waals surface area contributed by atoms with E-state index >= 15 is 0 Å². The van der Waals surface area contributed by atoms with Crippen LogP contribution in [-0.4, -0.2) is 48.9 Å². The third kappa shape index (κ3) is 4.11. The highest BCUT2D eigenvalue weighted by atomic mass is 32.2. The van der Waals surface area contributed by atoms with E-state index in [1.807, 2.05) is 33.7 Å². The van der Waals surface area contributed by atoms with Gasteiger partial charge in [-0.1, -0.05) is 11.8 Å². The smallest absolute Gasteiger partial charge is 0.233 e. The van der Waals surface area contributed by atoms with Crippen LogP contribution in [0.2, 0.25) is 0 Å². The van der Waals surface area contributed by atoms with Gasteiger partial charge in [-0.25, -0.2) is 0 Å². The second-order valence-corrected chi connectivity index (χ2v) is 7.88. The first kappa shape index (κ1) is 18.7. The summed E-state index contributed by atoms with van der Waals surface area (Å²) in [7, 11) is 0. The minimum atomic E-state index is 0.160. The Morgan fingerprint density at radius 2 is 2.21 bits per heavy atom. The van der Waals surface area contributed by atoms with Crippen molar-refractivity contribution in [1.82, 2.24) is 24.6 Å². The fourth-order valence-electron chi connectivity index (χ4n) is 3.48. The van der Waals surface area contributed by atoms with Gasteiger partial charge in [0.1, 0.15) is 5.76 Å². The van der Waals surface area contributed by atoms with Gasteiger partial charge < -0.3 is 9.32 Å². The number of piperidine rings is 1. The first-order chi connectivity index (χ1) is 13.7. The number of hydrogen-bond acceptors (Lipinski definition) is 6. The number of furan rings is 1. The van der Waals surface area contributed by atoms with Gasteiger partial charge in [-0.2, -0.15) is 0 Å². The summed E-state index contributed by atoms with van der Waals surface area (Å²) in [5, 5.41) is 9.40. The fraction of sp³-hybridized carbons (Fsp3) is 0.400. The Labute approximate surface area is 168 Å². The highest BCUT2D eigenvalue weighted by molar-refractivity contribution is 7.99. The van der Waals surface area contributed by atoms with Gasteiger partial charge in [0.2, 0.25) is 5.91 Å². The van der Waals surface area contributed by atoms with Crippen LogP contribution in [0.25, 0.3) is 11.4 Å². The molecule has 1 atom stereocenters. The van der Waals surface area contributed by atoms with Crippen molar-refractivity contribution in [2.24, 2.45) is 0 Å². The molecule has 4 rings (SSSR count). The molecule has 3 aromatic heterocycles. The maximum absolute atomic E-state index is 12.7. The molecule has 0 radical (unpaired) electrons. The Morgan fingerprint density at radius 1 is 1.29 bits per heavy atom. The molecule has 146 valence electrons. The average Bonchev–Trinajstić information content (AvgIpc) is 3.38. The lowest BCUT2D eigenvalue weighted by molar-refractivity contribution is -0.131. The van der Waals surface area contributed by atoms with Gasteiger partial charge in [-0.15, -0.1) is 10.2 Å². The van der Waals surface area contributed by atoms with Gasteiger partial charge in [0.05, 0.1) is 18.6 Å². The van der Waals surface area contributed by atoms with E-state index in [-0.39, 0.29) is 5.91 Å².